The van der Waals surface area contributed by atoms with Crippen LogP contribution < -0.4 is 4.74 Å². The van der Waals surface area contributed by atoms with E-state index in [1.807, 2.05) is 0 Å². The Kier molecular flexibility index (Phi) is 5.48. The van der Waals surface area contributed by atoms with Crippen molar-refractivity contribution in [1.29, 1.82) is 0 Å². The second-order valence-electron chi connectivity index (χ2n) is 6.94. The fourth-order valence-corrected chi connectivity index (χ4v) is 3.35. The van der Waals surface area contributed by atoms with Crippen LogP contribution in [-0.2, 0) is 4.74 Å². The number of rotatable bonds is 5. The Hall–Kier alpha value is -3.16. The van der Waals surface area contributed by atoms with E-state index in [1.165, 1.54) is 30.7 Å². The molecule has 150 valence electrons. The van der Waals surface area contributed by atoms with Gasteiger partial charge in [-0.15, -0.1) is 0 Å². The molecule has 1 heterocycles. The van der Waals surface area contributed by atoms with Crippen molar-refractivity contribution in [3.05, 3.63) is 35.7 Å². The molecule has 1 aromatic heterocycles. The van der Waals surface area contributed by atoms with Crippen molar-refractivity contribution in [3.63, 3.8) is 0 Å². The van der Waals surface area contributed by atoms with Gasteiger partial charge in [0, 0.05) is 19.8 Å². The van der Waals surface area contributed by atoms with Crippen LogP contribution in [0.5, 0.6) is 17.2 Å². The van der Waals surface area contributed by atoms with Crippen LogP contribution in [0.2, 0.25) is 0 Å². The standard InChI is InChI=1S/C20H24N2O6/c1-21(2)19(25)15-17(23)18(24)16(20(26)28-14-6-4-5-7-14)22(15)12-8-10-13(27-3)11-9-12/h8-11,14,23-24H,4-7H2,1-3H3. The molecule has 0 spiro atoms. The van der Waals surface area contributed by atoms with Gasteiger partial charge in [-0.05, 0) is 49.9 Å². The molecule has 8 heteroatoms. The third-order valence-corrected chi connectivity index (χ3v) is 4.83. The topological polar surface area (TPSA) is 101 Å². The molecular formula is C20H24N2O6. The number of amides is 1. The Morgan fingerprint density at radius 1 is 1.04 bits per heavy atom. The van der Waals surface area contributed by atoms with Crippen LogP contribution >= 0.6 is 0 Å². The smallest absolute Gasteiger partial charge is 0.359 e. The lowest BCUT2D eigenvalue weighted by molar-refractivity contribution is 0.0305. The lowest BCUT2D eigenvalue weighted by Gasteiger charge is -2.17. The maximum atomic E-state index is 12.8. The van der Waals surface area contributed by atoms with E-state index in [0.717, 1.165) is 25.7 Å². The van der Waals surface area contributed by atoms with Gasteiger partial charge in [0.2, 0.25) is 0 Å². The number of aromatic nitrogens is 1. The Labute approximate surface area is 162 Å². The fourth-order valence-electron chi connectivity index (χ4n) is 3.35. The third kappa shape index (κ3) is 3.49. The summed E-state index contributed by atoms with van der Waals surface area (Å²) in [5.41, 5.74) is -0.0919. The summed E-state index contributed by atoms with van der Waals surface area (Å²) < 4.78 is 11.9. The monoisotopic (exact) mass is 388 g/mol. The average Bonchev–Trinajstić information content (AvgIpc) is 3.28. The van der Waals surface area contributed by atoms with E-state index in [0.29, 0.717) is 11.4 Å². The molecule has 2 aromatic rings. The first-order valence-corrected chi connectivity index (χ1v) is 9.08. The van der Waals surface area contributed by atoms with Gasteiger partial charge in [0.1, 0.15) is 11.9 Å². The van der Waals surface area contributed by atoms with Gasteiger partial charge in [0.05, 0.1) is 7.11 Å². The highest BCUT2D eigenvalue weighted by molar-refractivity contribution is 6.02. The lowest BCUT2D eigenvalue weighted by atomic mass is 10.2. The van der Waals surface area contributed by atoms with E-state index in [4.69, 9.17) is 9.47 Å². The average molecular weight is 388 g/mol. The molecule has 2 N–H and O–H groups in total. The number of benzene rings is 1. The van der Waals surface area contributed by atoms with E-state index in [9.17, 15) is 19.8 Å². The molecule has 3 rings (SSSR count). The summed E-state index contributed by atoms with van der Waals surface area (Å²) in [6.07, 6.45) is 3.22. The van der Waals surface area contributed by atoms with Crippen LogP contribution in [0.1, 0.15) is 46.7 Å². The first-order valence-electron chi connectivity index (χ1n) is 9.08. The highest BCUT2D eigenvalue weighted by Gasteiger charge is 2.34. The third-order valence-electron chi connectivity index (χ3n) is 4.83. The van der Waals surface area contributed by atoms with Gasteiger partial charge in [-0.3, -0.25) is 9.36 Å². The largest absolute Gasteiger partial charge is 0.503 e. The molecule has 0 atom stereocenters. The molecule has 1 saturated carbocycles. The number of hydrogen-bond donors (Lipinski definition) is 2. The molecule has 1 aliphatic carbocycles. The number of carbonyl (C=O) groups excluding carboxylic acids is 2. The van der Waals surface area contributed by atoms with E-state index >= 15 is 0 Å². The van der Waals surface area contributed by atoms with Gasteiger partial charge < -0.3 is 24.6 Å². The quantitative estimate of drug-likeness (QED) is 0.764. The molecule has 0 radical (unpaired) electrons. The first kappa shape index (κ1) is 19.6. The normalized spacial score (nSPS) is 14.1. The summed E-state index contributed by atoms with van der Waals surface area (Å²) in [6, 6.07) is 6.55. The zero-order valence-electron chi connectivity index (χ0n) is 16.1. The zero-order chi connectivity index (χ0) is 20.4. The van der Waals surface area contributed by atoms with Gasteiger partial charge in [-0.1, -0.05) is 0 Å². The minimum Gasteiger partial charge on any atom is -0.503 e. The molecule has 28 heavy (non-hydrogen) atoms. The molecule has 1 aromatic carbocycles. The molecular weight excluding hydrogens is 364 g/mol. The maximum absolute atomic E-state index is 12.8. The highest BCUT2D eigenvalue weighted by Crippen LogP contribution is 2.40. The number of aromatic hydroxyl groups is 2. The Bertz CT molecular complexity index is 879. The summed E-state index contributed by atoms with van der Waals surface area (Å²) in [5.74, 6) is -2.10. The lowest BCUT2D eigenvalue weighted by Crippen LogP contribution is -2.26. The molecule has 0 bridgehead atoms. The molecule has 8 nitrogen and oxygen atoms in total. The van der Waals surface area contributed by atoms with Crippen LogP contribution in [0.25, 0.3) is 5.69 Å². The van der Waals surface area contributed by atoms with Crippen LogP contribution in [0, 0.1) is 0 Å². The van der Waals surface area contributed by atoms with Gasteiger partial charge in [0.25, 0.3) is 5.91 Å². The minimum atomic E-state index is -0.784. The van der Waals surface area contributed by atoms with E-state index in [1.54, 1.807) is 24.3 Å². The summed E-state index contributed by atoms with van der Waals surface area (Å²) >= 11 is 0. The molecule has 1 aliphatic rings. The summed E-state index contributed by atoms with van der Waals surface area (Å²) in [6.45, 7) is 0. The van der Waals surface area contributed by atoms with Gasteiger partial charge in [-0.2, -0.15) is 0 Å². The van der Waals surface area contributed by atoms with Crippen molar-refractivity contribution in [1.82, 2.24) is 9.47 Å². The summed E-state index contributed by atoms with van der Waals surface area (Å²) in [5, 5.41) is 20.9. The molecule has 1 fully saturated rings. The van der Waals surface area contributed by atoms with Gasteiger partial charge in [0.15, 0.2) is 22.9 Å². The van der Waals surface area contributed by atoms with Gasteiger partial charge >= 0.3 is 5.97 Å². The molecule has 0 aliphatic heterocycles. The van der Waals surface area contributed by atoms with Crippen molar-refractivity contribution < 1.29 is 29.3 Å². The second-order valence-corrected chi connectivity index (χ2v) is 6.94. The van der Waals surface area contributed by atoms with Crippen molar-refractivity contribution >= 4 is 11.9 Å². The Morgan fingerprint density at radius 3 is 2.14 bits per heavy atom. The number of hydrogen-bond acceptors (Lipinski definition) is 6. The van der Waals surface area contributed by atoms with Crippen molar-refractivity contribution in [2.45, 2.75) is 31.8 Å². The fraction of sp³-hybridized carbons (Fsp3) is 0.400. The predicted octanol–water partition coefficient (Wildman–Crippen LogP) is 2.70. The predicted molar refractivity (Wildman–Crippen MR) is 101 cm³/mol. The SMILES string of the molecule is COc1ccc(-n2c(C(=O)OC3CCCC3)c(O)c(O)c2C(=O)N(C)C)cc1. The maximum Gasteiger partial charge on any atom is 0.359 e. The molecule has 1 amide bonds. The van der Waals surface area contributed by atoms with Crippen LogP contribution in [-0.4, -0.2) is 58.9 Å². The van der Waals surface area contributed by atoms with E-state index in [2.05, 4.69) is 0 Å². The zero-order valence-corrected chi connectivity index (χ0v) is 16.1. The van der Waals surface area contributed by atoms with Crippen molar-refractivity contribution in [3.8, 4) is 22.9 Å². The van der Waals surface area contributed by atoms with E-state index < -0.39 is 23.4 Å². The van der Waals surface area contributed by atoms with Gasteiger partial charge in [-0.25, -0.2) is 4.79 Å². The van der Waals surface area contributed by atoms with E-state index in [-0.39, 0.29) is 17.5 Å². The number of methoxy groups -OCH3 is 1. The number of esters is 1. The van der Waals surface area contributed by atoms with Crippen molar-refractivity contribution in [2.75, 3.05) is 21.2 Å². The number of nitrogens with zero attached hydrogens (tertiary/aromatic N) is 2. The summed E-state index contributed by atoms with van der Waals surface area (Å²) in [4.78, 5) is 26.8. The molecule has 0 unspecified atom stereocenters. The Balaban J connectivity index is 2.15. The van der Waals surface area contributed by atoms with Crippen molar-refractivity contribution in [2.24, 2.45) is 0 Å². The number of carbonyl (C=O) groups is 2. The second kappa shape index (κ2) is 7.84. The first-order chi connectivity index (χ1) is 13.3. The highest BCUT2D eigenvalue weighted by atomic mass is 16.5. The molecule has 0 saturated heterocycles. The minimum absolute atomic E-state index is 0.217. The van der Waals surface area contributed by atoms with Crippen LogP contribution in [0.15, 0.2) is 24.3 Å². The summed E-state index contributed by atoms with van der Waals surface area (Å²) in [7, 11) is 4.55. The number of ether oxygens (including phenoxy) is 2. The van der Waals surface area contributed by atoms with Crippen LogP contribution in [0.3, 0.4) is 0 Å². The Morgan fingerprint density at radius 2 is 1.61 bits per heavy atom. The van der Waals surface area contributed by atoms with Crippen LogP contribution in [0.4, 0.5) is 0 Å².